The van der Waals surface area contributed by atoms with Gasteiger partial charge in [-0.1, -0.05) is 13.8 Å². The molecule has 0 aromatic carbocycles. The number of β-amino-alcohol motifs (C(OH)–C–C–N with tert-alkyl or cyclic N) is 1. The SMILES string of the molecule is CC(C)NCCCC(=O)N1CCCN(CCO)CC1. The van der Waals surface area contributed by atoms with E-state index in [1.54, 1.807) is 0 Å². The maximum atomic E-state index is 12.1. The van der Waals surface area contributed by atoms with E-state index in [4.69, 9.17) is 5.11 Å². The number of rotatable bonds is 7. The quantitative estimate of drug-likeness (QED) is 0.654. The van der Waals surface area contributed by atoms with Crippen molar-refractivity contribution in [2.45, 2.75) is 39.2 Å². The normalized spacial score (nSPS) is 17.8. The number of carbonyl (C=O) groups excluding carboxylic acids is 1. The summed E-state index contributed by atoms with van der Waals surface area (Å²) in [5.41, 5.74) is 0. The van der Waals surface area contributed by atoms with Crippen LogP contribution in [0.3, 0.4) is 0 Å². The summed E-state index contributed by atoms with van der Waals surface area (Å²) >= 11 is 0. The van der Waals surface area contributed by atoms with Gasteiger partial charge >= 0.3 is 0 Å². The lowest BCUT2D eigenvalue weighted by Crippen LogP contribution is -2.36. The Morgan fingerprint density at radius 2 is 2.05 bits per heavy atom. The monoisotopic (exact) mass is 271 g/mol. The minimum atomic E-state index is 0.203. The summed E-state index contributed by atoms with van der Waals surface area (Å²) < 4.78 is 0. The first-order chi connectivity index (χ1) is 9.13. The number of hydrogen-bond donors (Lipinski definition) is 2. The van der Waals surface area contributed by atoms with E-state index in [0.717, 1.165) is 52.1 Å². The Labute approximate surface area is 117 Å². The lowest BCUT2D eigenvalue weighted by Gasteiger charge is -2.21. The number of nitrogens with one attached hydrogen (secondary N) is 1. The van der Waals surface area contributed by atoms with E-state index in [1.807, 2.05) is 4.90 Å². The molecule has 1 rings (SSSR count). The number of aliphatic hydroxyl groups is 1. The highest BCUT2D eigenvalue weighted by Crippen LogP contribution is 2.05. The number of amides is 1. The van der Waals surface area contributed by atoms with Crippen molar-refractivity contribution in [3.05, 3.63) is 0 Å². The molecule has 0 aliphatic carbocycles. The van der Waals surface area contributed by atoms with Crippen LogP contribution in [0.5, 0.6) is 0 Å². The maximum absolute atomic E-state index is 12.1. The summed E-state index contributed by atoms with van der Waals surface area (Å²) in [5.74, 6) is 0.274. The van der Waals surface area contributed by atoms with Crippen molar-refractivity contribution in [2.24, 2.45) is 0 Å². The lowest BCUT2D eigenvalue weighted by atomic mass is 10.2. The van der Waals surface area contributed by atoms with Gasteiger partial charge in [0.25, 0.3) is 0 Å². The van der Waals surface area contributed by atoms with Crippen molar-refractivity contribution >= 4 is 5.91 Å². The van der Waals surface area contributed by atoms with E-state index >= 15 is 0 Å². The fraction of sp³-hybridized carbons (Fsp3) is 0.929. The van der Waals surface area contributed by atoms with Crippen LogP contribution < -0.4 is 5.32 Å². The van der Waals surface area contributed by atoms with Crippen LogP contribution in [0.1, 0.15) is 33.1 Å². The number of nitrogens with zero attached hydrogens (tertiary/aromatic N) is 2. The first-order valence-electron chi connectivity index (χ1n) is 7.48. The predicted octanol–water partition coefficient (Wildman–Crippen LogP) is 0.291. The molecule has 0 bridgehead atoms. The fourth-order valence-corrected chi connectivity index (χ4v) is 2.37. The Kier molecular flexibility index (Phi) is 8.02. The van der Waals surface area contributed by atoms with Crippen LogP contribution in [-0.2, 0) is 4.79 Å². The van der Waals surface area contributed by atoms with Gasteiger partial charge in [-0.3, -0.25) is 9.69 Å². The van der Waals surface area contributed by atoms with E-state index in [-0.39, 0.29) is 12.5 Å². The van der Waals surface area contributed by atoms with Crippen LogP contribution in [0.2, 0.25) is 0 Å². The van der Waals surface area contributed by atoms with Crippen LogP contribution in [0, 0.1) is 0 Å². The molecular formula is C14H29N3O2. The summed E-state index contributed by atoms with van der Waals surface area (Å²) in [7, 11) is 0. The first-order valence-corrected chi connectivity index (χ1v) is 7.48. The summed E-state index contributed by atoms with van der Waals surface area (Å²) in [5, 5.41) is 12.3. The average Bonchev–Trinajstić information content (AvgIpc) is 2.60. The maximum Gasteiger partial charge on any atom is 0.222 e. The Bertz CT molecular complexity index is 259. The summed E-state index contributed by atoms with van der Waals surface area (Å²) in [6.07, 6.45) is 2.56. The van der Waals surface area contributed by atoms with Crippen molar-refractivity contribution in [3.63, 3.8) is 0 Å². The van der Waals surface area contributed by atoms with Crippen molar-refractivity contribution in [1.29, 1.82) is 0 Å². The molecule has 1 saturated heterocycles. The zero-order valence-electron chi connectivity index (χ0n) is 12.4. The molecule has 1 aliphatic rings. The first kappa shape index (κ1) is 16.4. The highest BCUT2D eigenvalue weighted by Gasteiger charge is 2.18. The van der Waals surface area contributed by atoms with E-state index < -0.39 is 0 Å². The zero-order valence-corrected chi connectivity index (χ0v) is 12.4. The van der Waals surface area contributed by atoms with Crippen molar-refractivity contribution in [2.75, 3.05) is 45.9 Å². The molecule has 5 nitrogen and oxygen atoms in total. The van der Waals surface area contributed by atoms with E-state index in [0.29, 0.717) is 12.5 Å². The molecule has 1 aliphatic heterocycles. The lowest BCUT2D eigenvalue weighted by molar-refractivity contribution is -0.131. The molecule has 0 unspecified atom stereocenters. The molecule has 1 fully saturated rings. The highest BCUT2D eigenvalue weighted by molar-refractivity contribution is 5.76. The standard InChI is InChI=1S/C14H29N3O2/c1-13(2)15-6-3-5-14(19)17-8-4-7-16(9-10-17)11-12-18/h13,15,18H,3-12H2,1-2H3. The van der Waals surface area contributed by atoms with Crippen LogP contribution in [0.4, 0.5) is 0 Å². The highest BCUT2D eigenvalue weighted by atomic mass is 16.3. The minimum absolute atomic E-state index is 0.203. The largest absolute Gasteiger partial charge is 0.395 e. The smallest absolute Gasteiger partial charge is 0.222 e. The Morgan fingerprint density at radius 3 is 2.74 bits per heavy atom. The zero-order chi connectivity index (χ0) is 14.1. The van der Waals surface area contributed by atoms with Gasteiger partial charge in [0.05, 0.1) is 6.61 Å². The second kappa shape index (κ2) is 9.28. The van der Waals surface area contributed by atoms with E-state index in [1.165, 1.54) is 0 Å². The third-order valence-electron chi connectivity index (χ3n) is 3.48. The second-order valence-electron chi connectivity index (χ2n) is 5.51. The van der Waals surface area contributed by atoms with Crippen LogP contribution in [0.15, 0.2) is 0 Å². The third kappa shape index (κ3) is 6.89. The number of aliphatic hydroxyl groups excluding tert-OH is 1. The fourth-order valence-electron chi connectivity index (χ4n) is 2.37. The molecule has 0 spiro atoms. The van der Waals surface area contributed by atoms with Gasteiger partial charge < -0.3 is 15.3 Å². The molecule has 112 valence electrons. The molecule has 0 aromatic heterocycles. The summed E-state index contributed by atoms with van der Waals surface area (Å²) in [6.45, 7) is 9.60. The van der Waals surface area contributed by atoms with Gasteiger partial charge in [-0.05, 0) is 25.9 Å². The molecular weight excluding hydrogens is 242 g/mol. The summed E-state index contributed by atoms with van der Waals surface area (Å²) in [6, 6.07) is 0.486. The Hall–Kier alpha value is -0.650. The van der Waals surface area contributed by atoms with Crippen molar-refractivity contribution in [3.8, 4) is 0 Å². The van der Waals surface area contributed by atoms with E-state index in [2.05, 4.69) is 24.1 Å². The molecule has 1 amide bonds. The molecule has 5 heteroatoms. The van der Waals surface area contributed by atoms with Crippen LogP contribution in [-0.4, -0.2) is 72.7 Å². The van der Waals surface area contributed by atoms with Gasteiger partial charge in [-0.15, -0.1) is 0 Å². The van der Waals surface area contributed by atoms with Gasteiger partial charge in [-0.25, -0.2) is 0 Å². The molecule has 19 heavy (non-hydrogen) atoms. The number of hydrogen-bond acceptors (Lipinski definition) is 4. The van der Waals surface area contributed by atoms with Gasteiger partial charge in [-0.2, -0.15) is 0 Å². The van der Waals surface area contributed by atoms with Gasteiger partial charge in [0.15, 0.2) is 0 Å². The third-order valence-corrected chi connectivity index (χ3v) is 3.48. The van der Waals surface area contributed by atoms with Crippen LogP contribution in [0.25, 0.3) is 0 Å². The second-order valence-corrected chi connectivity index (χ2v) is 5.51. The molecule has 0 saturated carbocycles. The average molecular weight is 271 g/mol. The van der Waals surface area contributed by atoms with Crippen LogP contribution >= 0.6 is 0 Å². The Balaban J connectivity index is 2.21. The van der Waals surface area contributed by atoms with Gasteiger partial charge in [0, 0.05) is 38.6 Å². The van der Waals surface area contributed by atoms with Crippen molar-refractivity contribution in [1.82, 2.24) is 15.1 Å². The van der Waals surface area contributed by atoms with E-state index in [9.17, 15) is 4.79 Å². The molecule has 0 aromatic rings. The van der Waals surface area contributed by atoms with Gasteiger partial charge in [0.2, 0.25) is 5.91 Å². The predicted molar refractivity (Wildman–Crippen MR) is 77.1 cm³/mol. The molecule has 2 N–H and O–H groups in total. The molecule has 1 heterocycles. The summed E-state index contributed by atoms with van der Waals surface area (Å²) in [4.78, 5) is 16.3. The molecule has 0 radical (unpaired) electrons. The molecule has 0 atom stereocenters. The van der Waals surface area contributed by atoms with Crippen molar-refractivity contribution < 1.29 is 9.90 Å². The topological polar surface area (TPSA) is 55.8 Å². The minimum Gasteiger partial charge on any atom is -0.395 e. The van der Waals surface area contributed by atoms with Gasteiger partial charge in [0.1, 0.15) is 0 Å². The number of carbonyl (C=O) groups is 1. The Morgan fingerprint density at radius 1 is 1.26 bits per heavy atom.